The molecule has 0 atom stereocenters. The molecular formula is C17H16ClN3O3S. The largest absolute Gasteiger partial charge is 0.495 e. The SMILES string of the molecule is COc1cc(NC(=O)CNc2ccc3sncc3c2)c(OC)cc1Cl. The van der Waals surface area contributed by atoms with E-state index in [1.54, 1.807) is 18.3 Å². The van der Waals surface area contributed by atoms with Crippen LogP contribution in [0.2, 0.25) is 5.02 Å². The summed E-state index contributed by atoms with van der Waals surface area (Å²) in [6.45, 7) is 0.108. The first kappa shape index (κ1) is 17.3. The molecule has 130 valence electrons. The second-order valence-electron chi connectivity index (χ2n) is 5.17. The van der Waals surface area contributed by atoms with E-state index < -0.39 is 0 Å². The van der Waals surface area contributed by atoms with E-state index in [4.69, 9.17) is 21.1 Å². The van der Waals surface area contributed by atoms with Crippen LogP contribution in [0.25, 0.3) is 10.1 Å². The molecule has 0 saturated heterocycles. The number of aromatic nitrogens is 1. The summed E-state index contributed by atoms with van der Waals surface area (Å²) in [6.07, 6.45) is 1.80. The lowest BCUT2D eigenvalue weighted by Crippen LogP contribution is -2.22. The van der Waals surface area contributed by atoms with Crippen molar-refractivity contribution in [1.82, 2.24) is 4.37 Å². The zero-order valence-electron chi connectivity index (χ0n) is 13.6. The third kappa shape index (κ3) is 3.94. The summed E-state index contributed by atoms with van der Waals surface area (Å²) in [6, 6.07) is 9.07. The average molecular weight is 378 g/mol. The molecule has 3 rings (SSSR count). The Morgan fingerprint density at radius 3 is 2.76 bits per heavy atom. The van der Waals surface area contributed by atoms with Crippen LogP contribution in [0.15, 0.2) is 36.5 Å². The Hall–Kier alpha value is -2.51. The van der Waals surface area contributed by atoms with Gasteiger partial charge in [-0.25, -0.2) is 0 Å². The monoisotopic (exact) mass is 377 g/mol. The highest BCUT2D eigenvalue weighted by Gasteiger charge is 2.12. The van der Waals surface area contributed by atoms with Crippen LogP contribution in [-0.4, -0.2) is 31.0 Å². The number of halogens is 1. The Kier molecular flexibility index (Phi) is 5.25. The maximum absolute atomic E-state index is 12.2. The number of nitrogens with zero attached hydrogens (tertiary/aromatic N) is 1. The Labute approximate surface area is 153 Å². The van der Waals surface area contributed by atoms with E-state index in [1.807, 2.05) is 18.2 Å². The van der Waals surface area contributed by atoms with Crippen molar-refractivity contribution in [2.45, 2.75) is 0 Å². The first-order valence-corrected chi connectivity index (χ1v) is 8.55. The number of carbonyl (C=O) groups is 1. The number of hydrogen-bond donors (Lipinski definition) is 2. The lowest BCUT2D eigenvalue weighted by Gasteiger charge is -2.13. The van der Waals surface area contributed by atoms with E-state index in [2.05, 4.69) is 15.0 Å². The standard InChI is InChI=1S/C17H16ClN3O3S/c1-23-14-7-13(15(24-2)6-12(14)18)21-17(22)9-19-11-3-4-16-10(5-11)8-20-25-16/h3-8,19H,9H2,1-2H3,(H,21,22). The summed E-state index contributed by atoms with van der Waals surface area (Å²) in [4.78, 5) is 12.2. The molecule has 25 heavy (non-hydrogen) atoms. The van der Waals surface area contributed by atoms with Crippen LogP contribution in [0.5, 0.6) is 11.5 Å². The summed E-state index contributed by atoms with van der Waals surface area (Å²) >= 11 is 7.50. The van der Waals surface area contributed by atoms with Gasteiger partial charge < -0.3 is 20.1 Å². The summed E-state index contributed by atoms with van der Waals surface area (Å²) in [7, 11) is 3.02. The molecule has 8 heteroatoms. The quantitative estimate of drug-likeness (QED) is 0.678. The predicted octanol–water partition coefficient (Wildman–Crippen LogP) is 4.02. The van der Waals surface area contributed by atoms with Gasteiger partial charge >= 0.3 is 0 Å². The maximum atomic E-state index is 12.2. The smallest absolute Gasteiger partial charge is 0.243 e. The number of rotatable bonds is 6. The third-order valence-electron chi connectivity index (χ3n) is 3.55. The molecule has 1 amide bonds. The van der Waals surface area contributed by atoms with Gasteiger partial charge in [-0.2, -0.15) is 4.37 Å². The fraction of sp³-hybridized carbons (Fsp3) is 0.176. The molecule has 0 bridgehead atoms. The summed E-state index contributed by atoms with van der Waals surface area (Å²) in [5, 5.41) is 7.33. The van der Waals surface area contributed by atoms with Gasteiger partial charge in [0, 0.05) is 29.4 Å². The van der Waals surface area contributed by atoms with Crippen molar-refractivity contribution in [1.29, 1.82) is 0 Å². The van der Waals surface area contributed by atoms with E-state index in [0.29, 0.717) is 22.2 Å². The van der Waals surface area contributed by atoms with Gasteiger partial charge in [0.2, 0.25) is 5.91 Å². The zero-order valence-corrected chi connectivity index (χ0v) is 15.2. The lowest BCUT2D eigenvalue weighted by atomic mass is 10.2. The molecule has 0 radical (unpaired) electrons. The normalized spacial score (nSPS) is 10.5. The van der Waals surface area contributed by atoms with Crippen LogP contribution in [0.1, 0.15) is 0 Å². The molecule has 0 aliphatic heterocycles. The molecule has 1 heterocycles. The molecule has 1 aromatic heterocycles. The van der Waals surface area contributed by atoms with Crippen molar-refractivity contribution >= 4 is 50.5 Å². The van der Waals surface area contributed by atoms with Crippen LogP contribution in [0, 0.1) is 0 Å². The molecule has 0 aliphatic carbocycles. The van der Waals surface area contributed by atoms with Crippen LogP contribution in [0.3, 0.4) is 0 Å². The van der Waals surface area contributed by atoms with E-state index >= 15 is 0 Å². The van der Waals surface area contributed by atoms with E-state index in [9.17, 15) is 4.79 Å². The van der Waals surface area contributed by atoms with Crippen molar-refractivity contribution in [3.8, 4) is 11.5 Å². The van der Waals surface area contributed by atoms with Crippen LogP contribution < -0.4 is 20.1 Å². The Bertz CT molecular complexity index is 913. The van der Waals surface area contributed by atoms with Gasteiger partial charge in [-0.1, -0.05) is 11.6 Å². The average Bonchev–Trinajstić information content (AvgIpc) is 3.08. The van der Waals surface area contributed by atoms with Gasteiger partial charge in [-0.15, -0.1) is 0 Å². The number of ether oxygens (including phenoxy) is 2. The summed E-state index contributed by atoms with van der Waals surface area (Å²) in [5.41, 5.74) is 1.34. The van der Waals surface area contributed by atoms with Gasteiger partial charge in [-0.05, 0) is 29.7 Å². The molecule has 2 aromatic carbocycles. The van der Waals surface area contributed by atoms with Crippen molar-refractivity contribution in [3.05, 3.63) is 41.6 Å². The van der Waals surface area contributed by atoms with Crippen molar-refractivity contribution in [2.75, 3.05) is 31.4 Å². The number of fused-ring (bicyclic) bond motifs is 1. The van der Waals surface area contributed by atoms with Gasteiger partial charge in [0.25, 0.3) is 0 Å². The summed E-state index contributed by atoms with van der Waals surface area (Å²) < 4.78 is 15.7. The minimum absolute atomic E-state index is 0.108. The van der Waals surface area contributed by atoms with Crippen molar-refractivity contribution in [2.24, 2.45) is 0 Å². The predicted molar refractivity (Wildman–Crippen MR) is 101 cm³/mol. The Balaban J connectivity index is 1.67. The summed E-state index contributed by atoms with van der Waals surface area (Å²) in [5.74, 6) is 0.706. The fourth-order valence-electron chi connectivity index (χ4n) is 2.32. The molecule has 0 spiro atoms. The first-order chi connectivity index (χ1) is 12.1. The number of methoxy groups -OCH3 is 2. The second kappa shape index (κ2) is 7.58. The lowest BCUT2D eigenvalue weighted by molar-refractivity contribution is -0.114. The van der Waals surface area contributed by atoms with Gasteiger partial charge in [0.1, 0.15) is 11.5 Å². The van der Waals surface area contributed by atoms with E-state index in [1.165, 1.54) is 25.8 Å². The molecule has 3 aromatic rings. The number of benzene rings is 2. The molecule has 2 N–H and O–H groups in total. The Morgan fingerprint density at radius 2 is 2.00 bits per heavy atom. The number of anilines is 2. The highest BCUT2D eigenvalue weighted by molar-refractivity contribution is 7.13. The zero-order chi connectivity index (χ0) is 17.8. The number of carbonyl (C=O) groups excluding carboxylic acids is 1. The van der Waals surface area contributed by atoms with Crippen LogP contribution in [-0.2, 0) is 4.79 Å². The number of nitrogens with one attached hydrogen (secondary N) is 2. The van der Waals surface area contributed by atoms with Gasteiger partial charge in [0.15, 0.2) is 0 Å². The second-order valence-corrected chi connectivity index (χ2v) is 6.41. The molecule has 6 nitrogen and oxygen atoms in total. The topological polar surface area (TPSA) is 72.5 Å². The molecule has 0 unspecified atom stereocenters. The van der Waals surface area contributed by atoms with E-state index in [-0.39, 0.29) is 12.5 Å². The molecular weight excluding hydrogens is 362 g/mol. The molecule has 0 fully saturated rings. The maximum Gasteiger partial charge on any atom is 0.243 e. The first-order valence-electron chi connectivity index (χ1n) is 7.40. The van der Waals surface area contributed by atoms with Crippen LogP contribution in [0.4, 0.5) is 11.4 Å². The minimum atomic E-state index is -0.216. The van der Waals surface area contributed by atoms with Gasteiger partial charge in [0.05, 0.1) is 36.2 Å². The molecule has 0 aliphatic rings. The van der Waals surface area contributed by atoms with Crippen LogP contribution >= 0.6 is 23.1 Å². The number of hydrogen-bond acceptors (Lipinski definition) is 6. The highest BCUT2D eigenvalue weighted by Crippen LogP contribution is 2.35. The minimum Gasteiger partial charge on any atom is -0.495 e. The third-order valence-corrected chi connectivity index (χ3v) is 4.63. The fourth-order valence-corrected chi connectivity index (χ4v) is 3.17. The van der Waals surface area contributed by atoms with Gasteiger partial charge in [-0.3, -0.25) is 4.79 Å². The number of amides is 1. The van der Waals surface area contributed by atoms with E-state index in [0.717, 1.165) is 15.8 Å². The molecule has 0 saturated carbocycles. The van der Waals surface area contributed by atoms with Crippen molar-refractivity contribution < 1.29 is 14.3 Å². The Morgan fingerprint density at radius 1 is 1.20 bits per heavy atom. The van der Waals surface area contributed by atoms with Crippen molar-refractivity contribution in [3.63, 3.8) is 0 Å². The highest BCUT2D eigenvalue weighted by atomic mass is 35.5.